The molecule has 5 atom stereocenters. The van der Waals surface area contributed by atoms with Gasteiger partial charge in [0.2, 0.25) is 5.91 Å². The molecule has 5 N–H and O–H groups in total. The molecule has 18 nitrogen and oxygen atoms in total. The van der Waals surface area contributed by atoms with Gasteiger partial charge in [-0.15, -0.1) is 0 Å². The molecule has 5 aromatic rings. The molecule has 3 aliphatic rings. The smallest absolute Gasteiger partial charge is 0.407 e. The molecule has 5 heterocycles. The maximum Gasteiger partial charge on any atom is 0.407 e. The Morgan fingerprint density at radius 2 is 1.52 bits per heavy atom. The second kappa shape index (κ2) is 18.1. The molecule has 18 heteroatoms. The van der Waals surface area contributed by atoms with Crippen LogP contribution < -0.4 is 16.2 Å². The largest absolute Gasteiger partial charge is 0.453 e. The van der Waals surface area contributed by atoms with Gasteiger partial charge in [-0.1, -0.05) is 58.0 Å². The zero-order chi connectivity index (χ0) is 44.6. The van der Waals surface area contributed by atoms with Crippen molar-refractivity contribution in [1.29, 1.82) is 0 Å². The number of nitrogens with zero attached hydrogens (tertiary/aromatic N) is 4. The molecule has 3 saturated heterocycles. The number of fused-ring (bicyclic) bond motifs is 2. The van der Waals surface area contributed by atoms with Gasteiger partial charge < -0.3 is 54.3 Å². The highest BCUT2D eigenvalue weighted by Gasteiger charge is 2.53. The molecule has 2 aromatic heterocycles. The Morgan fingerprint density at radius 3 is 2.22 bits per heavy atom. The van der Waals surface area contributed by atoms with Crippen LogP contribution in [0.4, 0.5) is 9.59 Å². The number of nitrogens with one attached hydrogen (secondary N) is 4. The molecule has 8 rings (SSSR count). The number of likely N-dealkylation sites (tertiary alicyclic amines) is 1. The van der Waals surface area contributed by atoms with E-state index < -0.39 is 48.6 Å². The average molecular weight is 867 g/mol. The number of ether oxygens (including phenoxy) is 5. The van der Waals surface area contributed by atoms with Crippen molar-refractivity contribution in [3.63, 3.8) is 0 Å². The fourth-order valence-corrected chi connectivity index (χ4v) is 8.76. The van der Waals surface area contributed by atoms with Crippen LogP contribution in [-0.4, -0.2) is 124 Å². The van der Waals surface area contributed by atoms with Crippen molar-refractivity contribution in [2.24, 2.45) is 11.8 Å². The second-order valence-corrected chi connectivity index (χ2v) is 16.9. The van der Waals surface area contributed by atoms with E-state index in [1.54, 1.807) is 12.3 Å². The number of methoxy groups -OCH3 is 2. The minimum Gasteiger partial charge on any atom is -0.453 e. The van der Waals surface area contributed by atoms with Crippen LogP contribution in [0.2, 0.25) is 0 Å². The topological polar surface area (TPSA) is 223 Å². The van der Waals surface area contributed by atoms with Crippen LogP contribution in [0.1, 0.15) is 64.5 Å². The number of carbonyl (C=O) groups is 3. The van der Waals surface area contributed by atoms with Gasteiger partial charge in [0.15, 0.2) is 17.8 Å². The summed E-state index contributed by atoms with van der Waals surface area (Å²) in [6.07, 6.45) is -0.608. The third-order valence-corrected chi connectivity index (χ3v) is 12.1. The van der Waals surface area contributed by atoms with Crippen molar-refractivity contribution in [2.75, 3.05) is 47.1 Å². The summed E-state index contributed by atoms with van der Waals surface area (Å²) in [5.74, 6) is -0.805. The minimum absolute atomic E-state index is 0.115. The van der Waals surface area contributed by atoms with Gasteiger partial charge in [0, 0.05) is 18.5 Å². The normalized spacial score (nSPS) is 20.4. The van der Waals surface area contributed by atoms with E-state index in [4.69, 9.17) is 33.7 Å². The molecular weight excluding hydrogens is 813 g/mol. The van der Waals surface area contributed by atoms with Crippen LogP contribution in [0.15, 0.2) is 65.6 Å². The van der Waals surface area contributed by atoms with Crippen LogP contribution in [0.3, 0.4) is 0 Å². The molecule has 63 heavy (non-hydrogen) atoms. The monoisotopic (exact) mass is 866 g/mol. The van der Waals surface area contributed by atoms with E-state index in [9.17, 15) is 24.3 Å². The summed E-state index contributed by atoms with van der Waals surface area (Å²) >= 11 is 0. The lowest BCUT2D eigenvalue weighted by Crippen LogP contribution is -2.55. The summed E-state index contributed by atoms with van der Waals surface area (Å²) in [7, 11) is 2.53. The number of hydrogen-bond acceptors (Lipinski definition) is 13. The number of hydrogen-bond donors (Lipinski definition) is 5. The maximum absolute atomic E-state index is 13.8. The lowest BCUT2D eigenvalue weighted by atomic mass is 9.98. The maximum atomic E-state index is 13.8. The molecule has 0 bridgehead atoms. The van der Waals surface area contributed by atoms with Gasteiger partial charge >= 0.3 is 12.2 Å². The number of H-pyrrole nitrogens is 2. The summed E-state index contributed by atoms with van der Waals surface area (Å²) in [5.41, 5.74) is 3.53. The SMILES string of the molecule is COC(=O)N[C@@H](C(C)C)C(O)N1CC2(C[C@H]1c1ncc(-c3ccc4cc(-c5ccc6c(=O)[nH]c([C@@H]7OCCCN7C(=O)[C@@H](NC(=O)OC)C(C)C)nc6c5)ccc4c3)[nH]1)OCCO2. The number of alkyl carbamates (subject to hydrolysis) is 2. The average Bonchev–Trinajstić information content (AvgIpc) is 4.06. The summed E-state index contributed by atoms with van der Waals surface area (Å²) < 4.78 is 27.8. The Balaban J connectivity index is 1.04. The van der Waals surface area contributed by atoms with Gasteiger partial charge in [-0.2, -0.15) is 0 Å². The van der Waals surface area contributed by atoms with Gasteiger partial charge in [0.25, 0.3) is 5.56 Å². The number of aromatic amines is 2. The van der Waals surface area contributed by atoms with Crippen LogP contribution in [-0.2, 0) is 28.5 Å². The zero-order valence-corrected chi connectivity index (χ0v) is 36.2. The molecular formula is C45H54N8O10. The first-order valence-corrected chi connectivity index (χ1v) is 21.2. The minimum atomic E-state index is -1.08. The van der Waals surface area contributed by atoms with E-state index in [1.165, 1.54) is 19.1 Å². The van der Waals surface area contributed by atoms with E-state index in [0.717, 1.165) is 33.2 Å². The van der Waals surface area contributed by atoms with Crippen LogP contribution in [0.25, 0.3) is 44.1 Å². The Labute approximate surface area is 363 Å². The fourth-order valence-electron chi connectivity index (χ4n) is 8.76. The Morgan fingerprint density at radius 1 is 0.857 bits per heavy atom. The van der Waals surface area contributed by atoms with E-state index in [0.29, 0.717) is 55.9 Å². The number of aromatic nitrogens is 4. The highest BCUT2D eigenvalue weighted by atomic mass is 16.7. The standard InChI is InChI=1S/C45H54N8O10/c1-24(2)35(49-43(57)59-5)40(55)52-14-7-15-61-42(52)38-47-32-20-29(12-13-31(32)39(54)51-38)27-8-9-28-19-30(11-10-26(28)18-27)33-22-46-37(48-33)34-21-45(62-16-17-63-45)23-53(34)41(56)36(25(3)4)50-44(58)60-6/h8-13,18-20,22,24-25,34-36,41-42,56H,7,14-17,21,23H2,1-6H3,(H,46,48)(H,49,57)(H,50,58)(H,47,51,54)/t34-,35-,36-,41?,42-/m0/s1. The number of rotatable bonds is 11. The molecule has 0 saturated carbocycles. The van der Waals surface area contributed by atoms with E-state index in [2.05, 4.69) is 32.7 Å². The molecule has 1 spiro atoms. The number of carbonyl (C=O) groups excluding carboxylic acids is 3. The molecule has 0 radical (unpaired) electrons. The van der Waals surface area contributed by atoms with Crippen molar-refractivity contribution >= 4 is 39.8 Å². The van der Waals surface area contributed by atoms with Gasteiger partial charge in [-0.05, 0) is 64.4 Å². The first-order chi connectivity index (χ1) is 30.3. The van der Waals surface area contributed by atoms with Crippen molar-refractivity contribution in [3.05, 3.63) is 82.8 Å². The summed E-state index contributed by atoms with van der Waals surface area (Å²) in [6, 6.07) is 15.8. The highest BCUT2D eigenvalue weighted by molar-refractivity contribution is 5.92. The Kier molecular flexibility index (Phi) is 12.5. The van der Waals surface area contributed by atoms with Gasteiger partial charge in [0.1, 0.15) is 18.1 Å². The second-order valence-electron chi connectivity index (χ2n) is 16.9. The summed E-state index contributed by atoms with van der Waals surface area (Å²) in [5, 5.41) is 19.5. The Bertz CT molecular complexity index is 2550. The lowest BCUT2D eigenvalue weighted by molar-refractivity contribution is -0.160. The van der Waals surface area contributed by atoms with E-state index in [-0.39, 0.29) is 35.7 Å². The van der Waals surface area contributed by atoms with Crippen molar-refractivity contribution < 1.29 is 43.2 Å². The molecule has 334 valence electrons. The van der Waals surface area contributed by atoms with Crippen molar-refractivity contribution in [1.82, 2.24) is 40.4 Å². The van der Waals surface area contributed by atoms with Crippen LogP contribution in [0, 0.1) is 11.8 Å². The quantitative estimate of drug-likeness (QED) is 0.119. The third kappa shape index (κ3) is 8.86. The predicted molar refractivity (Wildman–Crippen MR) is 231 cm³/mol. The molecule has 0 aliphatic carbocycles. The number of imidazole rings is 1. The molecule has 1 unspecified atom stereocenters. The van der Waals surface area contributed by atoms with Crippen molar-refractivity contribution in [2.45, 2.75) is 76.9 Å². The van der Waals surface area contributed by atoms with Crippen LogP contribution in [0.5, 0.6) is 0 Å². The number of amides is 3. The summed E-state index contributed by atoms with van der Waals surface area (Å²) in [6.45, 7) is 9.38. The van der Waals surface area contributed by atoms with Gasteiger partial charge in [-0.25, -0.2) is 19.6 Å². The van der Waals surface area contributed by atoms with E-state index >= 15 is 0 Å². The third-order valence-electron chi connectivity index (χ3n) is 12.1. The molecule has 3 fully saturated rings. The zero-order valence-electron chi connectivity index (χ0n) is 36.2. The van der Waals surface area contributed by atoms with Crippen molar-refractivity contribution in [3.8, 4) is 22.4 Å². The molecule has 3 aliphatic heterocycles. The van der Waals surface area contributed by atoms with Crippen LogP contribution >= 0.6 is 0 Å². The number of aliphatic hydroxyl groups is 1. The Hall–Kier alpha value is -5.92. The predicted octanol–water partition coefficient (Wildman–Crippen LogP) is 4.95. The molecule has 3 amide bonds. The number of benzene rings is 3. The molecule has 3 aromatic carbocycles. The highest BCUT2D eigenvalue weighted by Crippen LogP contribution is 2.44. The number of aliphatic hydroxyl groups excluding tert-OH is 1. The van der Waals surface area contributed by atoms with Gasteiger partial charge in [0.05, 0.1) is 75.5 Å². The lowest BCUT2D eigenvalue weighted by Gasteiger charge is -2.37. The first kappa shape index (κ1) is 43.7. The van der Waals surface area contributed by atoms with Gasteiger partial charge in [-0.3, -0.25) is 14.5 Å². The summed E-state index contributed by atoms with van der Waals surface area (Å²) in [4.78, 5) is 70.8. The fraction of sp³-hybridized carbons (Fsp3) is 0.467. The first-order valence-electron chi connectivity index (χ1n) is 21.2. The van der Waals surface area contributed by atoms with E-state index in [1.807, 2.05) is 69.0 Å².